The molecule has 0 amide bonds. The number of hydrogen-bond donors (Lipinski definition) is 1. The second kappa shape index (κ2) is 6.36. The standard InChI is InChI=1S/C14H13ClN2O3/c15-12-6-2-1-4-10(12)8-20-9-11-5-3-7-13(14(11)16)17(18)19/h1-7H,8-9,16H2. The average Bonchev–Trinajstić information content (AvgIpc) is 2.42. The van der Waals surface area contributed by atoms with Crippen LogP contribution >= 0.6 is 11.6 Å². The molecule has 0 atom stereocenters. The highest BCUT2D eigenvalue weighted by Gasteiger charge is 2.14. The number of para-hydroxylation sites is 1. The van der Waals surface area contributed by atoms with Gasteiger partial charge >= 0.3 is 0 Å². The summed E-state index contributed by atoms with van der Waals surface area (Å²) in [6, 6.07) is 12.0. The SMILES string of the molecule is Nc1c(COCc2ccccc2Cl)cccc1[N+](=O)[O-]. The minimum atomic E-state index is -0.507. The molecular formula is C14H13ClN2O3. The van der Waals surface area contributed by atoms with E-state index in [0.29, 0.717) is 17.2 Å². The van der Waals surface area contributed by atoms with Crippen molar-refractivity contribution in [3.05, 3.63) is 68.7 Å². The van der Waals surface area contributed by atoms with Crippen molar-refractivity contribution in [1.29, 1.82) is 0 Å². The monoisotopic (exact) mass is 292 g/mol. The molecule has 0 saturated carbocycles. The van der Waals surface area contributed by atoms with E-state index < -0.39 is 4.92 Å². The highest BCUT2D eigenvalue weighted by Crippen LogP contribution is 2.25. The zero-order valence-electron chi connectivity index (χ0n) is 10.6. The number of rotatable bonds is 5. The van der Waals surface area contributed by atoms with Crippen LogP contribution in [0.15, 0.2) is 42.5 Å². The first-order valence-electron chi connectivity index (χ1n) is 5.92. The minimum Gasteiger partial charge on any atom is -0.393 e. The highest BCUT2D eigenvalue weighted by atomic mass is 35.5. The van der Waals surface area contributed by atoms with Gasteiger partial charge in [0.2, 0.25) is 0 Å². The van der Waals surface area contributed by atoms with E-state index in [1.54, 1.807) is 18.2 Å². The summed E-state index contributed by atoms with van der Waals surface area (Å²) in [4.78, 5) is 10.3. The number of nitrogens with two attached hydrogens (primary N) is 1. The van der Waals surface area contributed by atoms with E-state index in [2.05, 4.69) is 0 Å². The Labute approximate surface area is 121 Å². The van der Waals surface area contributed by atoms with Crippen molar-refractivity contribution >= 4 is 23.0 Å². The second-order valence-electron chi connectivity index (χ2n) is 4.19. The first-order chi connectivity index (χ1) is 9.59. The molecule has 5 nitrogen and oxygen atoms in total. The summed E-state index contributed by atoms with van der Waals surface area (Å²) >= 11 is 6.01. The van der Waals surface area contributed by atoms with Gasteiger partial charge in [0, 0.05) is 16.7 Å². The molecule has 0 fully saturated rings. The summed E-state index contributed by atoms with van der Waals surface area (Å²) < 4.78 is 5.52. The van der Waals surface area contributed by atoms with Crippen LogP contribution in [0.2, 0.25) is 5.02 Å². The van der Waals surface area contributed by atoms with E-state index in [-0.39, 0.29) is 18.0 Å². The quantitative estimate of drug-likeness (QED) is 0.519. The van der Waals surface area contributed by atoms with Crippen LogP contribution in [-0.4, -0.2) is 4.92 Å². The Kier molecular flexibility index (Phi) is 4.55. The molecule has 0 bridgehead atoms. The summed E-state index contributed by atoms with van der Waals surface area (Å²) in [6.45, 7) is 0.514. The Morgan fingerprint density at radius 2 is 1.75 bits per heavy atom. The lowest BCUT2D eigenvalue weighted by molar-refractivity contribution is -0.384. The molecule has 2 aromatic rings. The van der Waals surface area contributed by atoms with Gasteiger partial charge in [0.1, 0.15) is 5.69 Å². The van der Waals surface area contributed by atoms with Gasteiger partial charge in [-0.3, -0.25) is 10.1 Å². The number of benzene rings is 2. The molecule has 2 rings (SSSR count). The number of hydrogen-bond acceptors (Lipinski definition) is 4. The maximum atomic E-state index is 10.8. The van der Waals surface area contributed by atoms with Crippen molar-refractivity contribution in [2.75, 3.05) is 5.73 Å². The van der Waals surface area contributed by atoms with E-state index in [1.807, 2.05) is 18.2 Å². The number of nitrogens with zero attached hydrogens (tertiary/aromatic N) is 1. The third-order valence-corrected chi connectivity index (χ3v) is 3.21. The molecule has 2 N–H and O–H groups in total. The highest BCUT2D eigenvalue weighted by molar-refractivity contribution is 6.31. The fourth-order valence-electron chi connectivity index (χ4n) is 1.77. The molecule has 20 heavy (non-hydrogen) atoms. The van der Waals surface area contributed by atoms with Crippen LogP contribution in [0.5, 0.6) is 0 Å². The van der Waals surface area contributed by atoms with E-state index in [0.717, 1.165) is 5.56 Å². The van der Waals surface area contributed by atoms with Gasteiger partial charge in [-0.1, -0.05) is 41.9 Å². The largest absolute Gasteiger partial charge is 0.393 e. The molecule has 0 unspecified atom stereocenters. The van der Waals surface area contributed by atoms with Gasteiger partial charge in [-0.15, -0.1) is 0 Å². The van der Waals surface area contributed by atoms with E-state index in [9.17, 15) is 10.1 Å². The first kappa shape index (κ1) is 14.3. The molecule has 0 aliphatic rings. The Bertz CT molecular complexity index is 632. The normalized spacial score (nSPS) is 10.4. The first-order valence-corrected chi connectivity index (χ1v) is 6.30. The zero-order chi connectivity index (χ0) is 14.5. The van der Waals surface area contributed by atoms with Crippen molar-refractivity contribution in [3.8, 4) is 0 Å². The summed E-state index contributed by atoms with van der Waals surface area (Å²) in [7, 11) is 0. The maximum Gasteiger partial charge on any atom is 0.292 e. The molecular weight excluding hydrogens is 280 g/mol. The van der Waals surface area contributed by atoms with Crippen LogP contribution in [0.1, 0.15) is 11.1 Å². The number of anilines is 1. The number of halogens is 1. The smallest absolute Gasteiger partial charge is 0.292 e. The number of ether oxygens (including phenoxy) is 1. The third-order valence-electron chi connectivity index (χ3n) is 2.84. The van der Waals surface area contributed by atoms with Crippen molar-refractivity contribution in [3.63, 3.8) is 0 Å². The number of nitro groups is 1. The molecule has 0 aromatic heterocycles. The van der Waals surface area contributed by atoms with E-state index >= 15 is 0 Å². The Hall–Kier alpha value is -2.11. The molecule has 0 saturated heterocycles. The third kappa shape index (κ3) is 3.26. The van der Waals surface area contributed by atoms with Crippen molar-refractivity contribution in [2.45, 2.75) is 13.2 Å². The number of nitro benzene ring substituents is 1. The average molecular weight is 293 g/mol. The lowest BCUT2D eigenvalue weighted by atomic mass is 10.1. The molecule has 0 aliphatic carbocycles. The summed E-state index contributed by atoms with van der Waals surface area (Å²) in [5.41, 5.74) is 7.22. The van der Waals surface area contributed by atoms with Crippen LogP contribution in [0, 0.1) is 10.1 Å². The Morgan fingerprint density at radius 1 is 1.10 bits per heavy atom. The van der Waals surface area contributed by atoms with Crippen molar-refractivity contribution in [1.82, 2.24) is 0 Å². The van der Waals surface area contributed by atoms with Gasteiger partial charge in [-0.05, 0) is 11.6 Å². The van der Waals surface area contributed by atoms with Crippen LogP contribution < -0.4 is 5.73 Å². The van der Waals surface area contributed by atoms with Crippen molar-refractivity contribution in [2.24, 2.45) is 0 Å². The fraction of sp³-hybridized carbons (Fsp3) is 0.143. The predicted octanol–water partition coefficient (Wildman–Crippen LogP) is 3.55. The van der Waals surface area contributed by atoms with Crippen molar-refractivity contribution < 1.29 is 9.66 Å². The van der Waals surface area contributed by atoms with Gasteiger partial charge in [0.15, 0.2) is 0 Å². The van der Waals surface area contributed by atoms with Gasteiger partial charge < -0.3 is 10.5 Å². The summed E-state index contributed by atoms with van der Waals surface area (Å²) in [6.07, 6.45) is 0. The topological polar surface area (TPSA) is 78.4 Å². The van der Waals surface area contributed by atoms with Crippen LogP contribution in [-0.2, 0) is 18.0 Å². The number of nitrogen functional groups attached to an aromatic ring is 1. The Balaban J connectivity index is 2.03. The molecule has 104 valence electrons. The van der Waals surface area contributed by atoms with E-state index in [4.69, 9.17) is 22.1 Å². The molecule has 0 aliphatic heterocycles. The Morgan fingerprint density at radius 3 is 2.45 bits per heavy atom. The summed E-state index contributed by atoms with van der Waals surface area (Å²) in [5.74, 6) is 0. The van der Waals surface area contributed by atoms with Gasteiger partial charge in [0.05, 0.1) is 18.1 Å². The van der Waals surface area contributed by atoms with Crippen LogP contribution in [0.3, 0.4) is 0 Å². The lowest BCUT2D eigenvalue weighted by Gasteiger charge is -2.08. The van der Waals surface area contributed by atoms with Crippen LogP contribution in [0.25, 0.3) is 0 Å². The van der Waals surface area contributed by atoms with Gasteiger partial charge in [-0.2, -0.15) is 0 Å². The molecule has 0 radical (unpaired) electrons. The second-order valence-corrected chi connectivity index (χ2v) is 4.60. The zero-order valence-corrected chi connectivity index (χ0v) is 11.3. The maximum absolute atomic E-state index is 10.8. The molecule has 2 aromatic carbocycles. The lowest BCUT2D eigenvalue weighted by Crippen LogP contribution is -2.02. The fourth-order valence-corrected chi connectivity index (χ4v) is 1.96. The van der Waals surface area contributed by atoms with Gasteiger partial charge in [0.25, 0.3) is 5.69 Å². The summed E-state index contributed by atoms with van der Waals surface area (Å²) in [5, 5.41) is 11.4. The predicted molar refractivity (Wildman–Crippen MR) is 77.5 cm³/mol. The molecule has 0 spiro atoms. The van der Waals surface area contributed by atoms with E-state index in [1.165, 1.54) is 6.07 Å². The molecule has 0 heterocycles. The van der Waals surface area contributed by atoms with Crippen LogP contribution in [0.4, 0.5) is 11.4 Å². The minimum absolute atomic E-state index is 0.108. The van der Waals surface area contributed by atoms with Gasteiger partial charge in [-0.25, -0.2) is 0 Å². The molecule has 6 heteroatoms.